The molecule has 0 aliphatic heterocycles. The van der Waals surface area contributed by atoms with E-state index >= 15 is 0 Å². The second-order valence-electron chi connectivity index (χ2n) is 7.17. The van der Waals surface area contributed by atoms with Crippen LogP contribution in [0, 0.1) is 17.2 Å². The maximum absolute atomic E-state index is 12.4. The normalized spacial score (nSPS) is 11.5. The van der Waals surface area contributed by atoms with Crippen molar-refractivity contribution in [2.24, 2.45) is 5.92 Å². The Kier molecular flexibility index (Phi) is 5.55. The Morgan fingerprint density at radius 3 is 2.69 bits per heavy atom. The van der Waals surface area contributed by atoms with E-state index in [4.69, 9.17) is 0 Å². The number of hydrogen-bond donors (Lipinski definition) is 1. The van der Waals surface area contributed by atoms with Crippen LogP contribution in [0.25, 0.3) is 28.5 Å². The molecule has 1 aromatic carbocycles. The average molecular weight is 387 g/mol. The molecular weight excluding hydrogens is 366 g/mol. The van der Waals surface area contributed by atoms with Crippen molar-refractivity contribution >= 4 is 28.9 Å². The van der Waals surface area contributed by atoms with E-state index in [0.29, 0.717) is 28.0 Å². The molecule has 3 aromatic rings. The van der Waals surface area contributed by atoms with Gasteiger partial charge in [-0.15, -0.1) is 0 Å². The van der Waals surface area contributed by atoms with E-state index in [-0.39, 0.29) is 23.2 Å². The summed E-state index contributed by atoms with van der Waals surface area (Å²) in [5, 5.41) is 9.29. The quantitative estimate of drug-likeness (QED) is 0.410. The van der Waals surface area contributed by atoms with E-state index in [9.17, 15) is 14.9 Å². The molecule has 0 unspecified atom stereocenters. The molecule has 0 radical (unpaired) electrons. The molecule has 0 aliphatic rings. The highest BCUT2D eigenvalue weighted by molar-refractivity contribution is 6.07. The summed E-state index contributed by atoms with van der Waals surface area (Å²) < 4.78 is 0. The first-order valence-electron chi connectivity index (χ1n) is 9.14. The molecule has 2 aromatic heterocycles. The number of carbonyl (C=O) groups excluding carboxylic acids is 2. The van der Waals surface area contributed by atoms with Crippen molar-refractivity contribution in [2.45, 2.75) is 13.8 Å². The van der Waals surface area contributed by atoms with Crippen LogP contribution in [0.2, 0.25) is 0 Å². The van der Waals surface area contributed by atoms with Crippen molar-refractivity contribution in [3.05, 3.63) is 53.4 Å². The lowest BCUT2D eigenvalue weighted by Crippen LogP contribution is -2.22. The molecule has 0 spiro atoms. The molecule has 1 N–H and O–H groups in total. The number of carbonyl (C=O) groups is 2. The third kappa shape index (κ3) is 4.06. The summed E-state index contributed by atoms with van der Waals surface area (Å²) in [6, 6.07) is 9.26. The maximum Gasteiger partial charge on any atom is 0.264 e. The maximum atomic E-state index is 12.4. The molecule has 0 bridgehead atoms. The Hall–Kier alpha value is -3.79. The highest BCUT2D eigenvalue weighted by Crippen LogP contribution is 2.24. The molecule has 29 heavy (non-hydrogen) atoms. The number of nitrogens with zero attached hydrogens (tertiary/aromatic N) is 4. The van der Waals surface area contributed by atoms with Crippen molar-refractivity contribution in [3.8, 4) is 17.3 Å². The number of H-pyrrole nitrogens is 1. The van der Waals surface area contributed by atoms with Crippen LogP contribution in [0.3, 0.4) is 0 Å². The Balaban J connectivity index is 2.04. The number of benzene rings is 1. The van der Waals surface area contributed by atoms with Gasteiger partial charge < -0.3 is 9.88 Å². The summed E-state index contributed by atoms with van der Waals surface area (Å²) in [6.45, 7) is 3.69. The van der Waals surface area contributed by atoms with Gasteiger partial charge in [0.1, 0.15) is 17.2 Å². The van der Waals surface area contributed by atoms with Crippen LogP contribution < -0.4 is 0 Å². The predicted octanol–water partition coefficient (Wildman–Crippen LogP) is 3.46. The van der Waals surface area contributed by atoms with E-state index in [2.05, 4.69) is 15.0 Å². The number of fused-ring (bicyclic) bond motifs is 1. The zero-order valence-corrected chi connectivity index (χ0v) is 16.7. The van der Waals surface area contributed by atoms with Gasteiger partial charge in [0.25, 0.3) is 5.91 Å². The van der Waals surface area contributed by atoms with E-state index < -0.39 is 0 Å². The van der Waals surface area contributed by atoms with Gasteiger partial charge in [0, 0.05) is 31.8 Å². The number of amides is 1. The fourth-order valence-electron chi connectivity index (χ4n) is 2.87. The Labute approximate surface area is 168 Å². The lowest BCUT2D eigenvalue weighted by atomic mass is 10.0. The monoisotopic (exact) mass is 387 g/mol. The van der Waals surface area contributed by atoms with E-state index in [0.717, 1.165) is 5.56 Å². The molecule has 0 aliphatic carbocycles. The number of ketones is 1. The smallest absolute Gasteiger partial charge is 0.264 e. The van der Waals surface area contributed by atoms with Crippen molar-refractivity contribution in [2.75, 3.05) is 14.1 Å². The summed E-state index contributed by atoms with van der Waals surface area (Å²) in [5.74, 6) is -0.505. The SMILES string of the molecule is CC(C)C(=O)c1c[nH]c2ncc(-c3cccc(/C=C(/C#N)C(=O)N(C)C)c3)nc12. The first kappa shape index (κ1) is 20.0. The predicted molar refractivity (Wildman–Crippen MR) is 111 cm³/mol. The standard InChI is InChI=1S/C22H21N5O2/c1-13(2)20(28)17-11-24-21-19(17)26-18(12-25-21)15-7-5-6-14(8-15)9-16(10-23)22(29)27(3)4/h5-9,11-13H,1-4H3,(H,24,25)/b16-9-. The van der Waals surface area contributed by atoms with Gasteiger partial charge in [-0.2, -0.15) is 5.26 Å². The zero-order valence-electron chi connectivity index (χ0n) is 16.7. The molecule has 1 amide bonds. The molecule has 0 fully saturated rings. The van der Waals surface area contributed by atoms with Crippen LogP contribution in [-0.4, -0.2) is 45.6 Å². The average Bonchev–Trinajstić information content (AvgIpc) is 3.14. The minimum Gasteiger partial charge on any atom is -0.344 e. The van der Waals surface area contributed by atoms with Gasteiger partial charge in [-0.05, 0) is 17.7 Å². The van der Waals surface area contributed by atoms with Gasteiger partial charge in [0.05, 0.1) is 17.5 Å². The highest BCUT2D eigenvalue weighted by atomic mass is 16.2. The van der Waals surface area contributed by atoms with Crippen molar-refractivity contribution in [1.29, 1.82) is 5.26 Å². The van der Waals surface area contributed by atoms with Crippen molar-refractivity contribution < 1.29 is 9.59 Å². The van der Waals surface area contributed by atoms with Crippen LogP contribution in [0.15, 0.2) is 42.2 Å². The summed E-state index contributed by atoms with van der Waals surface area (Å²) in [7, 11) is 3.20. The fraction of sp³-hybridized carbons (Fsp3) is 0.227. The Bertz CT molecular complexity index is 1170. The second kappa shape index (κ2) is 8.07. The van der Waals surface area contributed by atoms with Gasteiger partial charge in [0.15, 0.2) is 11.4 Å². The number of Topliss-reactive ketones (excluding diaryl/α,β-unsaturated/α-hetero) is 1. The molecule has 0 saturated heterocycles. The first-order chi connectivity index (χ1) is 13.8. The van der Waals surface area contributed by atoms with E-state index in [1.165, 1.54) is 4.90 Å². The molecular formula is C22H21N5O2. The topological polar surface area (TPSA) is 103 Å². The summed E-state index contributed by atoms with van der Waals surface area (Å²) in [6.07, 6.45) is 4.81. The van der Waals surface area contributed by atoms with E-state index in [1.807, 2.05) is 38.1 Å². The van der Waals surface area contributed by atoms with Gasteiger partial charge >= 0.3 is 0 Å². The van der Waals surface area contributed by atoms with E-state index in [1.54, 1.807) is 38.6 Å². The molecule has 7 heteroatoms. The van der Waals surface area contributed by atoms with Gasteiger partial charge in [-0.1, -0.05) is 32.0 Å². The number of aromatic nitrogens is 3. The molecule has 7 nitrogen and oxygen atoms in total. The largest absolute Gasteiger partial charge is 0.344 e. The first-order valence-corrected chi connectivity index (χ1v) is 9.14. The minimum absolute atomic E-state index is 0.000226. The van der Waals surface area contributed by atoms with Crippen LogP contribution in [0.1, 0.15) is 29.8 Å². The van der Waals surface area contributed by atoms with Crippen LogP contribution >= 0.6 is 0 Å². The van der Waals surface area contributed by atoms with Crippen molar-refractivity contribution in [1.82, 2.24) is 19.9 Å². The Morgan fingerprint density at radius 1 is 1.28 bits per heavy atom. The van der Waals surface area contributed by atoms with Gasteiger partial charge in [-0.25, -0.2) is 9.97 Å². The molecule has 146 valence electrons. The second-order valence-corrected chi connectivity index (χ2v) is 7.17. The summed E-state index contributed by atoms with van der Waals surface area (Å²) in [4.78, 5) is 37.9. The number of hydrogen-bond acceptors (Lipinski definition) is 5. The summed E-state index contributed by atoms with van der Waals surface area (Å²) >= 11 is 0. The lowest BCUT2D eigenvalue weighted by molar-refractivity contribution is -0.124. The van der Waals surface area contributed by atoms with Gasteiger partial charge in [-0.3, -0.25) is 9.59 Å². The lowest BCUT2D eigenvalue weighted by Gasteiger charge is -2.09. The zero-order chi connectivity index (χ0) is 21.1. The fourth-order valence-corrected chi connectivity index (χ4v) is 2.87. The number of aromatic amines is 1. The van der Waals surface area contributed by atoms with Crippen LogP contribution in [0.4, 0.5) is 0 Å². The molecule has 0 saturated carbocycles. The Morgan fingerprint density at radius 2 is 2.03 bits per heavy atom. The van der Waals surface area contributed by atoms with Crippen molar-refractivity contribution in [3.63, 3.8) is 0 Å². The molecule has 2 heterocycles. The third-order valence-corrected chi connectivity index (χ3v) is 4.42. The highest BCUT2D eigenvalue weighted by Gasteiger charge is 2.18. The van der Waals surface area contributed by atoms with Crippen LogP contribution in [-0.2, 0) is 4.79 Å². The number of rotatable bonds is 5. The number of nitrogens with one attached hydrogen (secondary N) is 1. The molecule has 3 rings (SSSR count). The van der Waals surface area contributed by atoms with Gasteiger partial charge in [0.2, 0.25) is 0 Å². The minimum atomic E-state index is -0.358. The molecule has 0 atom stereocenters. The number of nitriles is 1. The van der Waals surface area contributed by atoms with Crippen LogP contribution in [0.5, 0.6) is 0 Å². The summed E-state index contributed by atoms with van der Waals surface area (Å²) in [5.41, 5.74) is 3.71. The number of likely N-dealkylation sites (N-methyl/N-ethyl adjacent to an activating group) is 1. The third-order valence-electron chi connectivity index (χ3n) is 4.42.